The highest BCUT2D eigenvalue weighted by atomic mass is 16.5. The number of benzene rings is 1. The SMILES string of the molecule is CNC(=O)C(C)CN(C)CCOc1cccc(C(=O)O)c1. The van der Waals surface area contributed by atoms with Crippen LogP contribution in [0.2, 0.25) is 0 Å². The first kappa shape index (κ1) is 17.0. The lowest BCUT2D eigenvalue weighted by atomic mass is 10.1. The van der Waals surface area contributed by atoms with Crippen molar-refractivity contribution in [2.75, 3.05) is 33.8 Å². The summed E-state index contributed by atoms with van der Waals surface area (Å²) in [5.74, 6) is -0.521. The van der Waals surface area contributed by atoms with Gasteiger partial charge in [-0.15, -0.1) is 0 Å². The molecule has 116 valence electrons. The van der Waals surface area contributed by atoms with Crippen LogP contribution >= 0.6 is 0 Å². The number of likely N-dealkylation sites (N-methyl/N-ethyl adjacent to an activating group) is 1. The molecule has 0 saturated carbocycles. The molecule has 1 unspecified atom stereocenters. The normalized spacial score (nSPS) is 12.0. The number of carbonyl (C=O) groups is 2. The fourth-order valence-corrected chi connectivity index (χ4v) is 1.93. The summed E-state index contributed by atoms with van der Waals surface area (Å²) in [6.45, 7) is 3.59. The van der Waals surface area contributed by atoms with Crippen molar-refractivity contribution in [1.82, 2.24) is 10.2 Å². The van der Waals surface area contributed by atoms with Crippen LogP contribution in [0.4, 0.5) is 0 Å². The molecule has 0 fully saturated rings. The topological polar surface area (TPSA) is 78.9 Å². The van der Waals surface area contributed by atoms with E-state index in [1.807, 2.05) is 18.9 Å². The van der Waals surface area contributed by atoms with Gasteiger partial charge >= 0.3 is 5.97 Å². The zero-order valence-corrected chi connectivity index (χ0v) is 12.6. The van der Waals surface area contributed by atoms with Crippen LogP contribution in [0.5, 0.6) is 5.75 Å². The standard InChI is InChI=1S/C15H22N2O4/c1-11(14(18)16-2)10-17(3)7-8-21-13-6-4-5-12(9-13)15(19)20/h4-6,9,11H,7-8,10H2,1-3H3,(H,16,18)(H,19,20). The Bertz CT molecular complexity index is 490. The number of ether oxygens (including phenoxy) is 1. The first-order valence-electron chi connectivity index (χ1n) is 6.80. The fourth-order valence-electron chi connectivity index (χ4n) is 1.93. The van der Waals surface area contributed by atoms with Crippen LogP contribution in [0.1, 0.15) is 17.3 Å². The summed E-state index contributed by atoms with van der Waals surface area (Å²) in [5.41, 5.74) is 0.203. The summed E-state index contributed by atoms with van der Waals surface area (Å²) in [7, 11) is 3.54. The number of hydrogen-bond donors (Lipinski definition) is 2. The molecule has 0 aliphatic carbocycles. The molecule has 0 aliphatic rings. The summed E-state index contributed by atoms with van der Waals surface area (Å²) >= 11 is 0. The van der Waals surface area contributed by atoms with Crippen LogP contribution in [0.25, 0.3) is 0 Å². The molecule has 1 aromatic carbocycles. The molecule has 0 radical (unpaired) electrons. The molecule has 1 rings (SSSR count). The molecule has 1 atom stereocenters. The molecular weight excluding hydrogens is 272 g/mol. The van der Waals surface area contributed by atoms with Crippen molar-refractivity contribution < 1.29 is 19.4 Å². The van der Waals surface area contributed by atoms with Gasteiger partial charge in [-0.25, -0.2) is 4.79 Å². The maximum atomic E-state index is 11.4. The molecule has 6 heteroatoms. The Hall–Kier alpha value is -2.08. The minimum absolute atomic E-state index is 0.0110. The molecule has 0 aromatic heterocycles. The number of rotatable bonds is 8. The Morgan fingerprint density at radius 2 is 2.14 bits per heavy atom. The van der Waals surface area contributed by atoms with Gasteiger partial charge in [0.25, 0.3) is 0 Å². The van der Waals surface area contributed by atoms with Crippen LogP contribution in [-0.2, 0) is 4.79 Å². The second kappa shape index (κ2) is 8.26. The highest BCUT2D eigenvalue weighted by Gasteiger charge is 2.13. The average Bonchev–Trinajstić information content (AvgIpc) is 2.46. The Balaban J connectivity index is 2.38. The summed E-state index contributed by atoms with van der Waals surface area (Å²) in [4.78, 5) is 24.3. The number of nitrogens with one attached hydrogen (secondary N) is 1. The van der Waals surface area contributed by atoms with E-state index in [1.165, 1.54) is 12.1 Å². The van der Waals surface area contributed by atoms with Gasteiger partial charge in [-0.3, -0.25) is 4.79 Å². The quantitative estimate of drug-likeness (QED) is 0.750. The number of amides is 1. The van der Waals surface area contributed by atoms with Crippen molar-refractivity contribution in [3.63, 3.8) is 0 Å². The Labute approximate surface area is 124 Å². The summed E-state index contributed by atoms with van der Waals surface area (Å²) < 4.78 is 5.53. The molecule has 21 heavy (non-hydrogen) atoms. The molecule has 0 bridgehead atoms. The first-order chi connectivity index (χ1) is 9.93. The smallest absolute Gasteiger partial charge is 0.335 e. The van der Waals surface area contributed by atoms with Gasteiger partial charge in [0.05, 0.1) is 5.56 Å². The summed E-state index contributed by atoms with van der Waals surface area (Å²) in [6.07, 6.45) is 0. The number of nitrogens with zero attached hydrogens (tertiary/aromatic N) is 1. The van der Waals surface area contributed by atoms with Crippen molar-refractivity contribution in [2.24, 2.45) is 5.92 Å². The number of carboxylic acid groups (broad SMARTS) is 1. The van der Waals surface area contributed by atoms with Gasteiger partial charge in [0.15, 0.2) is 0 Å². The molecule has 1 amide bonds. The average molecular weight is 294 g/mol. The highest BCUT2D eigenvalue weighted by Crippen LogP contribution is 2.13. The molecule has 0 aliphatic heterocycles. The number of carbonyl (C=O) groups excluding carboxylic acids is 1. The minimum atomic E-state index is -0.975. The largest absolute Gasteiger partial charge is 0.492 e. The molecule has 0 saturated heterocycles. The maximum absolute atomic E-state index is 11.4. The van der Waals surface area contributed by atoms with Crippen LogP contribution in [-0.4, -0.2) is 55.7 Å². The summed E-state index contributed by atoms with van der Waals surface area (Å²) in [6, 6.07) is 6.39. The fraction of sp³-hybridized carbons (Fsp3) is 0.467. The summed E-state index contributed by atoms with van der Waals surface area (Å²) in [5, 5.41) is 11.5. The lowest BCUT2D eigenvalue weighted by Crippen LogP contribution is -2.36. The van der Waals surface area contributed by atoms with E-state index in [9.17, 15) is 9.59 Å². The van der Waals surface area contributed by atoms with E-state index in [2.05, 4.69) is 5.32 Å². The lowest BCUT2D eigenvalue weighted by Gasteiger charge is -2.20. The minimum Gasteiger partial charge on any atom is -0.492 e. The highest BCUT2D eigenvalue weighted by molar-refractivity contribution is 5.88. The second-order valence-electron chi connectivity index (χ2n) is 4.96. The van der Waals surface area contributed by atoms with Gasteiger partial charge in [0.1, 0.15) is 12.4 Å². The van der Waals surface area contributed by atoms with Crippen LogP contribution in [0.3, 0.4) is 0 Å². The van der Waals surface area contributed by atoms with Gasteiger partial charge in [0, 0.05) is 26.1 Å². The third-order valence-electron chi connectivity index (χ3n) is 3.10. The Morgan fingerprint density at radius 1 is 1.43 bits per heavy atom. The molecule has 2 N–H and O–H groups in total. The van der Waals surface area contributed by atoms with Gasteiger partial charge < -0.3 is 20.1 Å². The predicted octanol–water partition coefficient (Wildman–Crippen LogP) is 1.08. The third kappa shape index (κ3) is 5.83. The van der Waals surface area contributed by atoms with E-state index in [1.54, 1.807) is 19.2 Å². The zero-order chi connectivity index (χ0) is 15.8. The van der Waals surface area contributed by atoms with Crippen LogP contribution < -0.4 is 10.1 Å². The Kier molecular flexibility index (Phi) is 6.68. The van der Waals surface area contributed by atoms with Crippen molar-refractivity contribution in [2.45, 2.75) is 6.92 Å². The van der Waals surface area contributed by atoms with E-state index in [0.29, 0.717) is 25.4 Å². The lowest BCUT2D eigenvalue weighted by molar-refractivity contribution is -0.124. The van der Waals surface area contributed by atoms with Crippen molar-refractivity contribution in [3.05, 3.63) is 29.8 Å². The van der Waals surface area contributed by atoms with E-state index < -0.39 is 5.97 Å². The van der Waals surface area contributed by atoms with E-state index >= 15 is 0 Å². The maximum Gasteiger partial charge on any atom is 0.335 e. The van der Waals surface area contributed by atoms with Gasteiger partial charge in [-0.2, -0.15) is 0 Å². The van der Waals surface area contributed by atoms with E-state index in [-0.39, 0.29) is 17.4 Å². The predicted molar refractivity (Wildman–Crippen MR) is 79.6 cm³/mol. The van der Waals surface area contributed by atoms with Crippen LogP contribution in [0, 0.1) is 5.92 Å². The monoisotopic (exact) mass is 294 g/mol. The first-order valence-corrected chi connectivity index (χ1v) is 6.80. The molecular formula is C15H22N2O4. The van der Waals surface area contributed by atoms with Crippen molar-refractivity contribution in [1.29, 1.82) is 0 Å². The molecule has 0 spiro atoms. The second-order valence-corrected chi connectivity index (χ2v) is 4.96. The van der Waals surface area contributed by atoms with E-state index in [0.717, 1.165) is 0 Å². The Morgan fingerprint density at radius 3 is 2.76 bits per heavy atom. The number of hydrogen-bond acceptors (Lipinski definition) is 4. The van der Waals surface area contributed by atoms with Gasteiger partial charge in [0.2, 0.25) is 5.91 Å². The van der Waals surface area contributed by atoms with Crippen molar-refractivity contribution in [3.8, 4) is 5.75 Å². The zero-order valence-electron chi connectivity index (χ0n) is 12.6. The van der Waals surface area contributed by atoms with Gasteiger partial charge in [-0.1, -0.05) is 13.0 Å². The number of carboxylic acids is 1. The van der Waals surface area contributed by atoms with Gasteiger partial charge in [-0.05, 0) is 25.2 Å². The van der Waals surface area contributed by atoms with Crippen molar-refractivity contribution >= 4 is 11.9 Å². The van der Waals surface area contributed by atoms with E-state index in [4.69, 9.17) is 9.84 Å². The van der Waals surface area contributed by atoms with Crippen LogP contribution in [0.15, 0.2) is 24.3 Å². The third-order valence-corrected chi connectivity index (χ3v) is 3.10. The molecule has 1 aromatic rings. The number of aromatic carboxylic acids is 1. The molecule has 6 nitrogen and oxygen atoms in total. The molecule has 0 heterocycles.